The molecule has 76 valence electrons. The van der Waals surface area contributed by atoms with E-state index >= 15 is 0 Å². The first-order valence-electron chi connectivity index (χ1n) is 4.50. The van der Waals surface area contributed by atoms with Gasteiger partial charge in [-0.3, -0.25) is 4.84 Å². The van der Waals surface area contributed by atoms with Gasteiger partial charge in [-0.05, 0) is 26.2 Å². The lowest BCUT2D eigenvalue weighted by molar-refractivity contribution is 0.152. The van der Waals surface area contributed by atoms with Gasteiger partial charge in [0, 0.05) is 7.05 Å². The topological polar surface area (TPSA) is 74.5 Å². The van der Waals surface area contributed by atoms with Gasteiger partial charge in [0.15, 0.2) is 0 Å². The normalized spacial score (nSPS) is 28.5. The summed E-state index contributed by atoms with van der Waals surface area (Å²) in [6, 6.07) is 2.19. The van der Waals surface area contributed by atoms with Crippen molar-refractivity contribution in [3.8, 4) is 6.07 Å². The third-order valence-electron chi connectivity index (χ3n) is 2.42. The standard InChI is InChI=1S/C9H13N3O2/c1-9(6-10)5-3-4-7(9)12-14-8(13)11-2/h3-5H2,1-2H3,(H,11,13)/b12-7-. The molecule has 0 radical (unpaired) electrons. The number of oxime groups is 1. The van der Waals surface area contributed by atoms with Crippen LogP contribution >= 0.6 is 0 Å². The minimum absolute atomic E-state index is 0.561. The Labute approximate surface area is 82.7 Å². The predicted octanol–water partition coefficient (Wildman–Crippen LogP) is 1.41. The van der Waals surface area contributed by atoms with Crippen molar-refractivity contribution in [1.82, 2.24) is 5.32 Å². The lowest BCUT2D eigenvalue weighted by atomic mass is 9.89. The highest BCUT2D eigenvalue weighted by Gasteiger charge is 2.36. The minimum atomic E-state index is -0.607. The largest absolute Gasteiger partial charge is 0.433 e. The van der Waals surface area contributed by atoms with E-state index in [4.69, 9.17) is 5.26 Å². The fraction of sp³-hybridized carbons (Fsp3) is 0.667. The second kappa shape index (κ2) is 4.09. The summed E-state index contributed by atoms with van der Waals surface area (Å²) in [4.78, 5) is 15.3. The quantitative estimate of drug-likeness (QED) is 0.507. The first-order valence-corrected chi connectivity index (χ1v) is 4.50. The molecule has 1 aliphatic rings. The third kappa shape index (κ3) is 2.02. The Balaban J connectivity index is 2.68. The number of hydrogen-bond acceptors (Lipinski definition) is 4. The van der Waals surface area contributed by atoms with E-state index in [1.807, 2.05) is 6.92 Å². The van der Waals surface area contributed by atoms with Crippen molar-refractivity contribution >= 4 is 11.8 Å². The zero-order chi connectivity index (χ0) is 10.6. The third-order valence-corrected chi connectivity index (χ3v) is 2.42. The average Bonchev–Trinajstić information content (AvgIpc) is 2.57. The molecule has 14 heavy (non-hydrogen) atoms. The van der Waals surface area contributed by atoms with Crippen molar-refractivity contribution in [2.24, 2.45) is 10.6 Å². The lowest BCUT2D eigenvalue weighted by Crippen LogP contribution is -2.22. The molecule has 0 bridgehead atoms. The molecular formula is C9H13N3O2. The van der Waals surface area contributed by atoms with Crippen LogP contribution < -0.4 is 5.32 Å². The number of nitriles is 1. The molecule has 1 saturated carbocycles. The van der Waals surface area contributed by atoms with Crippen LogP contribution in [0.25, 0.3) is 0 Å². The summed E-state index contributed by atoms with van der Waals surface area (Å²) in [6.45, 7) is 1.81. The van der Waals surface area contributed by atoms with Crippen LogP contribution in [-0.4, -0.2) is 18.9 Å². The molecule has 0 saturated heterocycles. The molecule has 0 spiro atoms. The molecule has 5 heteroatoms. The molecule has 1 amide bonds. The molecule has 1 aliphatic carbocycles. The van der Waals surface area contributed by atoms with Crippen LogP contribution in [0.15, 0.2) is 5.16 Å². The van der Waals surface area contributed by atoms with Crippen molar-refractivity contribution in [3.63, 3.8) is 0 Å². The van der Waals surface area contributed by atoms with Gasteiger partial charge >= 0.3 is 6.09 Å². The van der Waals surface area contributed by atoms with Crippen LogP contribution in [0.5, 0.6) is 0 Å². The van der Waals surface area contributed by atoms with Gasteiger partial charge in [0.1, 0.15) is 0 Å². The van der Waals surface area contributed by atoms with Gasteiger partial charge < -0.3 is 5.32 Å². The Morgan fingerprint density at radius 2 is 2.50 bits per heavy atom. The summed E-state index contributed by atoms with van der Waals surface area (Å²) in [6.07, 6.45) is 1.81. The fourth-order valence-electron chi connectivity index (χ4n) is 1.44. The Morgan fingerprint density at radius 1 is 1.79 bits per heavy atom. The van der Waals surface area contributed by atoms with Crippen LogP contribution in [0.2, 0.25) is 0 Å². The number of nitrogens with zero attached hydrogens (tertiary/aromatic N) is 2. The van der Waals surface area contributed by atoms with Crippen molar-refractivity contribution in [3.05, 3.63) is 0 Å². The summed E-state index contributed by atoms with van der Waals surface area (Å²) in [5.74, 6) is 0. The van der Waals surface area contributed by atoms with Gasteiger partial charge in [0.05, 0.1) is 17.2 Å². The molecule has 0 aromatic rings. The summed E-state index contributed by atoms with van der Waals surface area (Å²) >= 11 is 0. The van der Waals surface area contributed by atoms with Crippen molar-refractivity contribution < 1.29 is 9.63 Å². The van der Waals surface area contributed by atoms with Gasteiger partial charge in [-0.15, -0.1) is 0 Å². The maximum Gasteiger partial charge on any atom is 0.433 e. The van der Waals surface area contributed by atoms with E-state index in [0.717, 1.165) is 19.3 Å². The molecule has 1 rings (SSSR count). The van der Waals surface area contributed by atoms with Gasteiger partial charge in [-0.2, -0.15) is 5.26 Å². The molecule has 5 nitrogen and oxygen atoms in total. The Morgan fingerprint density at radius 3 is 3.07 bits per heavy atom. The molecule has 0 aromatic heterocycles. The van der Waals surface area contributed by atoms with Gasteiger partial charge in [0.25, 0.3) is 0 Å². The zero-order valence-corrected chi connectivity index (χ0v) is 8.33. The highest BCUT2D eigenvalue weighted by molar-refractivity contribution is 5.94. The zero-order valence-electron chi connectivity index (χ0n) is 8.33. The van der Waals surface area contributed by atoms with E-state index in [1.54, 1.807) is 0 Å². The Bertz CT molecular complexity index is 306. The van der Waals surface area contributed by atoms with Crippen molar-refractivity contribution in [1.29, 1.82) is 5.26 Å². The number of amides is 1. The highest BCUT2D eigenvalue weighted by Crippen LogP contribution is 2.34. The number of nitrogens with one attached hydrogen (secondary N) is 1. The summed E-state index contributed by atoms with van der Waals surface area (Å²) in [7, 11) is 1.46. The van der Waals surface area contributed by atoms with Crippen LogP contribution in [0, 0.1) is 16.7 Å². The van der Waals surface area contributed by atoms with Crippen LogP contribution in [0.3, 0.4) is 0 Å². The van der Waals surface area contributed by atoms with Gasteiger partial charge in [0.2, 0.25) is 0 Å². The van der Waals surface area contributed by atoms with E-state index in [9.17, 15) is 4.79 Å². The van der Waals surface area contributed by atoms with Crippen LogP contribution in [0.1, 0.15) is 26.2 Å². The lowest BCUT2D eigenvalue weighted by Gasteiger charge is -2.13. The number of carbonyl (C=O) groups excluding carboxylic acids is 1. The van der Waals surface area contributed by atoms with Crippen LogP contribution in [-0.2, 0) is 4.84 Å². The number of carbonyl (C=O) groups is 1. The molecule has 1 N–H and O–H groups in total. The molecule has 1 fully saturated rings. The maximum atomic E-state index is 10.7. The maximum absolute atomic E-state index is 10.7. The number of hydrogen-bond donors (Lipinski definition) is 1. The molecule has 0 aromatic carbocycles. The van der Waals surface area contributed by atoms with E-state index < -0.39 is 11.5 Å². The van der Waals surface area contributed by atoms with Gasteiger partial charge in [-0.25, -0.2) is 4.79 Å². The molecule has 1 atom stereocenters. The van der Waals surface area contributed by atoms with Crippen LogP contribution in [0.4, 0.5) is 4.79 Å². The van der Waals surface area contributed by atoms with Gasteiger partial charge in [-0.1, -0.05) is 5.16 Å². The second-order valence-electron chi connectivity index (χ2n) is 3.46. The highest BCUT2D eigenvalue weighted by atomic mass is 16.7. The molecule has 0 heterocycles. The summed E-state index contributed by atoms with van der Waals surface area (Å²) in [5, 5.41) is 14.9. The molecule has 1 unspecified atom stereocenters. The average molecular weight is 195 g/mol. The first kappa shape index (κ1) is 10.5. The Hall–Kier alpha value is -1.57. The monoisotopic (exact) mass is 195 g/mol. The summed E-state index contributed by atoms with van der Waals surface area (Å²) < 4.78 is 0. The first-order chi connectivity index (χ1) is 6.62. The van der Waals surface area contributed by atoms with Crippen molar-refractivity contribution in [2.75, 3.05) is 7.05 Å². The summed E-state index contributed by atoms with van der Waals surface area (Å²) in [5.41, 5.74) is 0.0946. The number of rotatable bonds is 1. The fourth-order valence-corrected chi connectivity index (χ4v) is 1.44. The second-order valence-corrected chi connectivity index (χ2v) is 3.46. The van der Waals surface area contributed by atoms with E-state index in [0.29, 0.717) is 5.71 Å². The van der Waals surface area contributed by atoms with E-state index in [1.165, 1.54) is 7.05 Å². The molecule has 0 aliphatic heterocycles. The van der Waals surface area contributed by atoms with Crippen molar-refractivity contribution in [2.45, 2.75) is 26.2 Å². The molecular weight excluding hydrogens is 182 g/mol. The minimum Gasteiger partial charge on any atom is -0.323 e. The van der Waals surface area contributed by atoms with E-state index in [2.05, 4.69) is 21.4 Å². The SMILES string of the molecule is CNC(=O)O/N=C1/CCCC1(C)C#N. The smallest absolute Gasteiger partial charge is 0.323 e. The Kier molecular flexibility index (Phi) is 3.07. The predicted molar refractivity (Wildman–Crippen MR) is 50.5 cm³/mol. The van der Waals surface area contributed by atoms with E-state index in [-0.39, 0.29) is 0 Å².